The molecule has 0 fully saturated rings. The molecule has 11 heteroatoms. The third-order valence-corrected chi connectivity index (χ3v) is 6.16. The number of nitrogens with one attached hydrogen (secondary N) is 2. The van der Waals surface area contributed by atoms with E-state index in [1.54, 1.807) is 24.3 Å². The van der Waals surface area contributed by atoms with Crippen LogP contribution in [0.3, 0.4) is 0 Å². The second-order valence-electron chi connectivity index (χ2n) is 9.18. The van der Waals surface area contributed by atoms with Gasteiger partial charge in [-0.25, -0.2) is 0 Å². The first-order valence-electron chi connectivity index (χ1n) is 11.6. The molecule has 2 aromatic carbocycles. The van der Waals surface area contributed by atoms with Crippen LogP contribution in [0.2, 0.25) is 0 Å². The molecule has 4 bridgehead atoms. The van der Waals surface area contributed by atoms with E-state index in [4.69, 9.17) is 11.5 Å². The van der Waals surface area contributed by atoms with Crippen molar-refractivity contribution in [2.24, 2.45) is 11.5 Å². The van der Waals surface area contributed by atoms with Crippen LogP contribution in [0.1, 0.15) is 17.5 Å². The van der Waals surface area contributed by atoms with Gasteiger partial charge in [0.05, 0.1) is 12.1 Å². The molecule has 11 nitrogen and oxygen atoms in total. The number of likely N-dealkylation sites (N-methyl/N-ethyl adjacent to an activating group) is 1. The number of aromatic hydroxyl groups is 2. The minimum Gasteiger partial charge on any atom is -0.508 e. The fraction of sp³-hybridized carbons (Fsp3) is 0.400. The van der Waals surface area contributed by atoms with Crippen LogP contribution in [0, 0.1) is 0 Å². The van der Waals surface area contributed by atoms with Crippen molar-refractivity contribution in [3.63, 3.8) is 0 Å². The van der Waals surface area contributed by atoms with Gasteiger partial charge in [-0.05, 0) is 46.5 Å². The van der Waals surface area contributed by atoms with E-state index in [1.807, 2.05) is 0 Å². The Balaban J connectivity index is 2.12. The van der Waals surface area contributed by atoms with E-state index in [1.165, 1.54) is 31.1 Å². The summed E-state index contributed by atoms with van der Waals surface area (Å²) in [7, 11) is 3.07. The number of carbonyl (C=O) groups is 3. The maximum atomic E-state index is 13.2. The molecule has 36 heavy (non-hydrogen) atoms. The number of aliphatic hydroxyl groups excluding tert-OH is 1. The van der Waals surface area contributed by atoms with Gasteiger partial charge in [0, 0.05) is 39.9 Å². The molecule has 9 N–H and O–H groups in total. The minimum absolute atomic E-state index is 0.0219. The van der Waals surface area contributed by atoms with Crippen LogP contribution >= 0.6 is 0 Å². The first-order chi connectivity index (χ1) is 17.0. The first kappa shape index (κ1) is 26.9. The van der Waals surface area contributed by atoms with Crippen LogP contribution in [0.5, 0.6) is 11.5 Å². The number of benzene rings is 2. The summed E-state index contributed by atoms with van der Waals surface area (Å²) in [6.45, 7) is -0.146. The van der Waals surface area contributed by atoms with Crippen LogP contribution in [-0.2, 0) is 27.2 Å². The third-order valence-electron chi connectivity index (χ3n) is 6.16. The standard InChI is InChI=1S/C25H33N5O6/c1-30(2)25(36)20-10-16-8-14(4-6-22(16)33)13-3-5-21(32)15(7-13)9-18(27)23(34)28-19(24(35)29-20)11-17(31)12-26/h3-8,17-20,31-33H,9-12,26-27H2,1-2H3,(H,28,34)(H,29,35)/t17-,18+,19+,20+/m1/s1. The second-order valence-corrected chi connectivity index (χ2v) is 9.18. The summed E-state index contributed by atoms with van der Waals surface area (Å²) in [6.07, 6.45) is -1.35. The highest BCUT2D eigenvalue weighted by molar-refractivity contribution is 5.93. The lowest BCUT2D eigenvalue weighted by Gasteiger charge is -2.27. The molecule has 3 amide bonds. The van der Waals surface area contributed by atoms with Crippen molar-refractivity contribution in [3.05, 3.63) is 47.5 Å². The van der Waals surface area contributed by atoms with Gasteiger partial charge in [0.2, 0.25) is 17.7 Å². The molecule has 0 saturated carbocycles. The highest BCUT2D eigenvalue weighted by Crippen LogP contribution is 2.31. The molecule has 0 radical (unpaired) electrons. The van der Waals surface area contributed by atoms with Gasteiger partial charge < -0.3 is 42.3 Å². The number of amides is 3. The molecule has 3 rings (SSSR count). The molecule has 194 valence electrons. The van der Waals surface area contributed by atoms with Crippen molar-refractivity contribution < 1.29 is 29.7 Å². The number of rotatable bonds is 4. The summed E-state index contributed by atoms with van der Waals surface area (Å²) in [5, 5.41) is 36.1. The summed E-state index contributed by atoms with van der Waals surface area (Å²) < 4.78 is 0. The number of fused-ring (bicyclic) bond motifs is 5. The average Bonchev–Trinajstić information content (AvgIpc) is 2.84. The van der Waals surface area contributed by atoms with E-state index in [0.717, 1.165) is 0 Å². The van der Waals surface area contributed by atoms with E-state index in [0.29, 0.717) is 22.3 Å². The Hall–Kier alpha value is -3.67. The van der Waals surface area contributed by atoms with Crippen LogP contribution < -0.4 is 22.1 Å². The smallest absolute Gasteiger partial charge is 0.244 e. The van der Waals surface area contributed by atoms with Crippen molar-refractivity contribution >= 4 is 17.7 Å². The van der Waals surface area contributed by atoms with Crippen molar-refractivity contribution in [1.29, 1.82) is 0 Å². The van der Waals surface area contributed by atoms with Gasteiger partial charge in [0.15, 0.2) is 0 Å². The van der Waals surface area contributed by atoms with Gasteiger partial charge >= 0.3 is 0 Å². The Morgan fingerprint density at radius 3 is 2.08 bits per heavy atom. The van der Waals surface area contributed by atoms with Gasteiger partial charge in [-0.15, -0.1) is 0 Å². The van der Waals surface area contributed by atoms with E-state index in [-0.39, 0.29) is 37.3 Å². The van der Waals surface area contributed by atoms with E-state index < -0.39 is 42.0 Å². The Morgan fingerprint density at radius 1 is 1.00 bits per heavy atom. The number of carbonyl (C=O) groups excluding carboxylic acids is 3. The van der Waals surface area contributed by atoms with E-state index in [2.05, 4.69) is 10.6 Å². The lowest BCUT2D eigenvalue weighted by atomic mass is 9.95. The summed E-state index contributed by atoms with van der Waals surface area (Å²) in [4.78, 5) is 40.4. The number of aliphatic hydroxyl groups is 1. The highest BCUT2D eigenvalue weighted by Gasteiger charge is 2.31. The maximum absolute atomic E-state index is 13.2. The summed E-state index contributed by atoms with van der Waals surface area (Å²) in [5.41, 5.74) is 13.8. The zero-order valence-electron chi connectivity index (χ0n) is 20.3. The highest BCUT2D eigenvalue weighted by atomic mass is 16.3. The van der Waals surface area contributed by atoms with Crippen LogP contribution in [-0.4, -0.2) is 82.8 Å². The number of phenols is 2. The third kappa shape index (κ3) is 6.30. The summed E-state index contributed by atoms with van der Waals surface area (Å²) >= 11 is 0. The van der Waals surface area contributed by atoms with Crippen LogP contribution in [0.25, 0.3) is 11.1 Å². The van der Waals surface area contributed by atoms with E-state index >= 15 is 0 Å². The molecule has 0 spiro atoms. The second kappa shape index (κ2) is 11.4. The Morgan fingerprint density at radius 2 is 1.56 bits per heavy atom. The Labute approximate surface area is 209 Å². The lowest BCUT2D eigenvalue weighted by molar-refractivity contribution is -0.136. The van der Waals surface area contributed by atoms with Gasteiger partial charge in [0.25, 0.3) is 0 Å². The molecule has 0 aromatic heterocycles. The first-order valence-corrected chi connectivity index (χ1v) is 11.6. The molecule has 0 unspecified atom stereocenters. The number of nitrogens with zero attached hydrogens (tertiary/aromatic N) is 1. The molecule has 1 aliphatic heterocycles. The Kier molecular flexibility index (Phi) is 8.51. The SMILES string of the molecule is CN(C)C(=O)[C@@H]1Cc2cc(ccc2O)-c2ccc(O)c(c2)C[C@H](N)C(=O)N[C@@H](C[C@@H](O)CN)C(=O)N1. The van der Waals surface area contributed by atoms with Crippen molar-refractivity contribution in [3.8, 4) is 22.6 Å². The predicted octanol–water partition coefficient (Wildman–Crippen LogP) is -1.04. The van der Waals surface area contributed by atoms with Crippen molar-refractivity contribution in [2.45, 2.75) is 43.5 Å². The lowest BCUT2D eigenvalue weighted by Crippen LogP contribution is -2.57. The summed E-state index contributed by atoms with van der Waals surface area (Å²) in [5.74, 6) is -1.91. The van der Waals surface area contributed by atoms with Crippen LogP contribution in [0.15, 0.2) is 36.4 Å². The molecule has 4 atom stereocenters. The van der Waals surface area contributed by atoms with Gasteiger partial charge in [0.1, 0.15) is 23.6 Å². The number of hydrogen-bond acceptors (Lipinski definition) is 8. The number of nitrogens with two attached hydrogens (primary N) is 2. The molecule has 1 heterocycles. The number of phenolic OH excluding ortho intramolecular Hbond substituents is 2. The van der Waals surface area contributed by atoms with Crippen LogP contribution in [0.4, 0.5) is 0 Å². The van der Waals surface area contributed by atoms with Gasteiger partial charge in [-0.3, -0.25) is 14.4 Å². The zero-order valence-corrected chi connectivity index (χ0v) is 20.3. The number of hydrogen-bond donors (Lipinski definition) is 7. The van der Waals surface area contributed by atoms with Gasteiger partial charge in [-0.2, -0.15) is 0 Å². The van der Waals surface area contributed by atoms with Crippen molar-refractivity contribution in [1.82, 2.24) is 15.5 Å². The fourth-order valence-electron chi connectivity index (χ4n) is 4.07. The maximum Gasteiger partial charge on any atom is 0.244 e. The molecule has 2 aromatic rings. The molecular weight excluding hydrogens is 466 g/mol. The van der Waals surface area contributed by atoms with Gasteiger partial charge in [-0.1, -0.05) is 12.1 Å². The topological polar surface area (TPSA) is 191 Å². The Bertz CT molecular complexity index is 1140. The summed E-state index contributed by atoms with van der Waals surface area (Å²) in [6, 6.07) is 6.33. The quantitative estimate of drug-likeness (QED) is 0.277. The minimum atomic E-state index is -1.23. The normalized spacial score (nSPS) is 21.4. The zero-order chi connectivity index (χ0) is 26.6. The molecule has 0 saturated heterocycles. The molecular formula is C25H33N5O6. The predicted molar refractivity (Wildman–Crippen MR) is 133 cm³/mol. The largest absolute Gasteiger partial charge is 0.508 e. The monoisotopic (exact) mass is 499 g/mol. The molecule has 1 aliphatic rings. The molecule has 0 aliphatic carbocycles. The average molecular weight is 500 g/mol. The van der Waals surface area contributed by atoms with E-state index in [9.17, 15) is 29.7 Å². The van der Waals surface area contributed by atoms with Crippen molar-refractivity contribution in [2.75, 3.05) is 20.6 Å². The fourth-order valence-corrected chi connectivity index (χ4v) is 4.07.